The summed E-state index contributed by atoms with van der Waals surface area (Å²) in [6.07, 6.45) is 6.13. The van der Waals surface area contributed by atoms with Crippen LogP contribution in [0, 0.1) is 5.92 Å². The number of hydrogen-bond donors (Lipinski definition) is 1. The Morgan fingerprint density at radius 3 is 2.62 bits per heavy atom. The van der Waals surface area contributed by atoms with Gasteiger partial charge in [-0.05, 0) is 18.8 Å². The van der Waals surface area contributed by atoms with E-state index in [2.05, 4.69) is 12.2 Å². The fourth-order valence-corrected chi connectivity index (χ4v) is 2.96. The third-order valence-corrected chi connectivity index (χ3v) is 4.38. The SMILES string of the molecule is COC1(CNC2CCCC2C)CCOCC1. The minimum absolute atomic E-state index is 0.0283. The molecule has 0 aromatic rings. The summed E-state index contributed by atoms with van der Waals surface area (Å²) in [5.74, 6) is 0.828. The monoisotopic (exact) mass is 227 g/mol. The highest BCUT2D eigenvalue weighted by Crippen LogP contribution is 2.28. The van der Waals surface area contributed by atoms with Gasteiger partial charge in [0.25, 0.3) is 0 Å². The molecule has 0 radical (unpaired) electrons. The van der Waals surface area contributed by atoms with Crippen molar-refractivity contribution in [2.75, 3.05) is 26.9 Å². The highest BCUT2D eigenvalue weighted by Gasteiger charge is 2.34. The van der Waals surface area contributed by atoms with Crippen LogP contribution in [0.1, 0.15) is 39.0 Å². The average molecular weight is 227 g/mol. The molecule has 3 nitrogen and oxygen atoms in total. The van der Waals surface area contributed by atoms with Gasteiger partial charge < -0.3 is 14.8 Å². The summed E-state index contributed by atoms with van der Waals surface area (Å²) in [5, 5.41) is 3.71. The predicted octanol–water partition coefficient (Wildman–Crippen LogP) is 1.96. The molecule has 2 unspecified atom stereocenters. The molecular weight excluding hydrogens is 202 g/mol. The molecule has 0 aromatic heterocycles. The van der Waals surface area contributed by atoms with Gasteiger partial charge >= 0.3 is 0 Å². The maximum Gasteiger partial charge on any atom is 0.0846 e. The molecule has 1 saturated heterocycles. The van der Waals surface area contributed by atoms with Crippen molar-refractivity contribution >= 4 is 0 Å². The smallest absolute Gasteiger partial charge is 0.0846 e. The lowest BCUT2D eigenvalue weighted by Gasteiger charge is -2.37. The molecule has 1 saturated carbocycles. The normalized spacial score (nSPS) is 34.1. The number of ether oxygens (including phenoxy) is 2. The number of nitrogens with one attached hydrogen (secondary N) is 1. The van der Waals surface area contributed by atoms with Gasteiger partial charge in [0.2, 0.25) is 0 Å². The third-order valence-electron chi connectivity index (χ3n) is 4.38. The van der Waals surface area contributed by atoms with E-state index in [-0.39, 0.29) is 5.60 Å². The van der Waals surface area contributed by atoms with Gasteiger partial charge in [0.05, 0.1) is 5.60 Å². The molecular formula is C13H25NO2. The second kappa shape index (κ2) is 5.48. The summed E-state index contributed by atoms with van der Waals surface area (Å²) >= 11 is 0. The largest absolute Gasteiger partial charge is 0.381 e. The van der Waals surface area contributed by atoms with Gasteiger partial charge in [-0.25, -0.2) is 0 Å². The number of rotatable bonds is 4. The summed E-state index contributed by atoms with van der Waals surface area (Å²) in [7, 11) is 1.84. The van der Waals surface area contributed by atoms with E-state index in [1.165, 1.54) is 19.3 Å². The molecule has 2 atom stereocenters. The van der Waals surface area contributed by atoms with Crippen LogP contribution in [0.5, 0.6) is 0 Å². The van der Waals surface area contributed by atoms with Crippen LogP contribution in [-0.4, -0.2) is 38.5 Å². The van der Waals surface area contributed by atoms with Gasteiger partial charge in [-0.2, -0.15) is 0 Å². The van der Waals surface area contributed by atoms with Crippen LogP contribution in [0.3, 0.4) is 0 Å². The van der Waals surface area contributed by atoms with Crippen LogP contribution in [0.2, 0.25) is 0 Å². The Labute approximate surface area is 98.9 Å². The zero-order valence-electron chi connectivity index (χ0n) is 10.6. The predicted molar refractivity (Wildman–Crippen MR) is 64.6 cm³/mol. The van der Waals surface area contributed by atoms with Crippen LogP contribution in [0.4, 0.5) is 0 Å². The molecule has 2 rings (SSSR count). The Morgan fingerprint density at radius 1 is 1.31 bits per heavy atom. The Balaban J connectivity index is 1.82. The van der Waals surface area contributed by atoms with Gasteiger partial charge in [0.1, 0.15) is 0 Å². The van der Waals surface area contributed by atoms with E-state index in [1.807, 2.05) is 7.11 Å². The molecule has 0 amide bonds. The Hall–Kier alpha value is -0.120. The van der Waals surface area contributed by atoms with Gasteiger partial charge in [-0.3, -0.25) is 0 Å². The molecule has 1 heterocycles. The van der Waals surface area contributed by atoms with E-state index in [0.29, 0.717) is 6.04 Å². The van der Waals surface area contributed by atoms with E-state index in [0.717, 1.165) is 38.5 Å². The molecule has 1 aliphatic carbocycles. The highest BCUT2D eigenvalue weighted by molar-refractivity contribution is 4.89. The minimum Gasteiger partial charge on any atom is -0.381 e. The average Bonchev–Trinajstić information content (AvgIpc) is 2.74. The Kier molecular flexibility index (Phi) is 4.22. The first-order valence-corrected chi connectivity index (χ1v) is 6.62. The van der Waals surface area contributed by atoms with Crippen molar-refractivity contribution in [3.63, 3.8) is 0 Å². The van der Waals surface area contributed by atoms with Crippen molar-refractivity contribution in [3.8, 4) is 0 Å². The van der Waals surface area contributed by atoms with Crippen LogP contribution < -0.4 is 5.32 Å². The Morgan fingerprint density at radius 2 is 2.06 bits per heavy atom. The summed E-state index contributed by atoms with van der Waals surface area (Å²) in [5.41, 5.74) is 0.0283. The van der Waals surface area contributed by atoms with Crippen molar-refractivity contribution < 1.29 is 9.47 Å². The summed E-state index contributed by atoms with van der Waals surface area (Å²) < 4.78 is 11.1. The van der Waals surface area contributed by atoms with Crippen LogP contribution in [0.25, 0.3) is 0 Å². The zero-order chi connectivity index (χ0) is 11.4. The fourth-order valence-electron chi connectivity index (χ4n) is 2.96. The molecule has 2 fully saturated rings. The molecule has 94 valence electrons. The molecule has 1 N–H and O–H groups in total. The molecule has 16 heavy (non-hydrogen) atoms. The van der Waals surface area contributed by atoms with Crippen LogP contribution in [-0.2, 0) is 9.47 Å². The molecule has 3 heteroatoms. The van der Waals surface area contributed by atoms with Crippen molar-refractivity contribution in [1.29, 1.82) is 0 Å². The molecule has 0 bridgehead atoms. The lowest BCUT2D eigenvalue weighted by molar-refractivity contribution is -0.0889. The van der Waals surface area contributed by atoms with Gasteiger partial charge in [0, 0.05) is 45.8 Å². The standard InChI is InChI=1S/C13H25NO2/c1-11-4-3-5-12(11)14-10-13(15-2)6-8-16-9-7-13/h11-12,14H,3-10H2,1-2H3. The second-order valence-electron chi connectivity index (χ2n) is 5.40. The first-order chi connectivity index (χ1) is 7.76. The molecule has 1 aliphatic heterocycles. The number of hydrogen-bond acceptors (Lipinski definition) is 3. The lowest BCUT2D eigenvalue weighted by atomic mass is 9.93. The molecule has 0 aromatic carbocycles. The summed E-state index contributed by atoms with van der Waals surface area (Å²) in [4.78, 5) is 0. The van der Waals surface area contributed by atoms with Gasteiger partial charge in [-0.15, -0.1) is 0 Å². The van der Waals surface area contributed by atoms with E-state index in [9.17, 15) is 0 Å². The van der Waals surface area contributed by atoms with Crippen molar-refractivity contribution in [3.05, 3.63) is 0 Å². The minimum atomic E-state index is 0.0283. The van der Waals surface area contributed by atoms with Crippen molar-refractivity contribution in [2.24, 2.45) is 5.92 Å². The van der Waals surface area contributed by atoms with Crippen molar-refractivity contribution in [2.45, 2.75) is 50.7 Å². The summed E-state index contributed by atoms with van der Waals surface area (Å²) in [6, 6.07) is 0.704. The van der Waals surface area contributed by atoms with Gasteiger partial charge in [-0.1, -0.05) is 13.3 Å². The zero-order valence-corrected chi connectivity index (χ0v) is 10.6. The quantitative estimate of drug-likeness (QED) is 0.796. The lowest BCUT2D eigenvalue weighted by Crippen LogP contribution is -2.49. The third kappa shape index (κ3) is 2.76. The fraction of sp³-hybridized carbons (Fsp3) is 1.00. The maximum absolute atomic E-state index is 5.73. The first-order valence-electron chi connectivity index (χ1n) is 6.62. The maximum atomic E-state index is 5.73. The summed E-state index contributed by atoms with van der Waals surface area (Å²) in [6.45, 7) is 5.03. The molecule has 0 spiro atoms. The van der Waals surface area contributed by atoms with E-state index in [1.54, 1.807) is 0 Å². The number of methoxy groups -OCH3 is 1. The van der Waals surface area contributed by atoms with Crippen LogP contribution >= 0.6 is 0 Å². The van der Waals surface area contributed by atoms with Gasteiger partial charge in [0.15, 0.2) is 0 Å². The van der Waals surface area contributed by atoms with E-state index < -0.39 is 0 Å². The Bertz CT molecular complexity index is 214. The second-order valence-corrected chi connectivity index (χ2v) is 5.40. The van der Waals surface area contributed by atoms with E-state index in [4.69, 9.17) is 9.47 Å². The molecule has 2 aliphatic rings. The highest BCUT2D eigenvalue weighted by atomic mass is 16.5. The van der Waals surface area contributed by atoms with E-state index >= 15 is 0 Å². The topological polar surface area (TPSA) is 30.5 Å². The van der Waals surface area contributed by atoms with Crippen LogP contribution in [0.15, 0.2) is 0 Å². The first kappa shape index (κ1) is 12.3. The van der Waals surface area contributed by atoms with Crippen molar-refractivity contribution in [1.82, 2.24) is 5.32 Å².